The van der Waals surface area contributed by atoms with E-state index in [0.717, 1.165) is 31.9 Å². The molecule has 6 nitrogen and oxygen atoms in total. The molecule has 0 aliphatic rings. The Hall–Kier alpha value is -1.24. The van der Waals surface area contributed by atoms with Crippen molar-refractivity contribution in [1.82, 2.24) is 9.55 Å². The number of imidazole rings is 1. The highest BCUT2D eigenvalue weighted by molar-refractivity contribution is 7.84. The van der Waals surface area contributed by atoms with Gasteiger partial charge in [0.15, 0.2) is 0 Å². The lowest BCUT2D eigenvalue weighted by Gasteiger charge is -1.99. The molecule has 0 radical (unpaired) electrons. The van der Waals surface area contributed by atoms with E-state index in [1.54, 1.807) is 0 Å². The van der Waals surface area contributed by atoms with Crippen LogP contribution >= 0.6 is 0 Å². The molecule has 1 unspecified atom stereocenters. The second-order valence-corrected chi connectivity index (χ2v) is 5.29. The van der Waals surface area contributed by atoms with Crippen molar-refractivity contribution in [1.29, 1.82) is 0 Å². The van der Waals surface area contributed by atoms with Crippen molar-refractivity contribution in [2.24, 2.45) is 7.05 Å². The third kappa shape index (κ3) is 3.62. The summed E-state index contributed by atoms with van der Waals surface area (Å²) in [6.07, 6.45) is 5.30. The summed E-state index contributed by atoms with van der Waals surface area (Å²) in [5.41, 5.74) is 0. The fourth-order valence-electron chi connectivity index (χ4n) is 1.52. The van der Waals surface area contributed by atoms with E-state index in [9.17, 15) is 14.3 Å². The third-order valence-electron chi connectivity index (χ3n) is 2.50. The normalized spacial score (nSPS) is 12.6. The predicted molar refractivity (Wildman–Crippen MR) is 65.3 cm³/mol. The van der Waals surface area contributed by atoms with Crippen LogP contribution in [0.25, 0.3) is 0 Å². The molecule has 1 atom stereocenters. The largest absolute Gasteiger partial charge is 0.358 e. The van der Waals surface area contributed by atoms with Gasteiger partial charge in [0.05, 0.1) is 7.05 Å². The first-order valence-electron chi connectivity index (χ1n) is 5.62. The second-order valence-electron chi connectivity index (χ2n) is 3.83. The Kier molecular flexibility index (Phi) is 5.27. The van der Waals surface area contributed by atoms with Crippen LogP contribution in [0.3, 0.4) is 0 Å². The van der Waals surface area contributed by atoms with Crippen LogP contribution < -0.4 is 0 Å². The zero-order valence-corrected chi connectivity index (χ0v) is 10.9. The van der Waals surface area contributed by atoms with Gasteiger partial charge in [-0.1, -0.05) is 26.2 Å². The van der Waals surface area contributed by atoms with Crippen LogP contribution in [0.2, 0.25) is 0 Å². The van der Waals surface area contributed by atoms with E-state index in [4.69, 9.17) is 0 Å². The minimum Gasteiger partial charge on any atom is -0.358 e. The number of hydrogen-bond acceptors (Lipinski definition) is 4. The summed E-state index contributed by atoms with van der Waals surface area (Å²) in [5.74, 6) is 0.393. The molecule has 0 saturated heterocycles. The summed E-state index contributed by atoms with van der Waals surface area (Å²) in [5, 5.41) is 10.9. The quantitative estimate of drug-likeness (QED) is 0.426. The Morgan fingerprint density at radius 3 is 2.71 bits per heavy atom. The van der Waals surface area contributed by atoms with Crippen LogP contribution in [0.4, 0.5) is 5.82 Å². The van der Waals surface area contributed by atoms with Gasteiger partial charge in [0.2, 0.25) is 0 Å². The lowest BCUT2D eigenvalue weighted by Crippen LogP contribution is -2.07. The molecule has 1 heterocycles. The summed E-state index contributed by atoms with van der Waals surface area (Å²) >= 11 is 0. The molecule has 96 valence electrons. The van der Waals surface area contributed by atoms with Gasteiger partial charge in [0.25, 0.3) is 5.16 Å². The molecule has 0 aliphatic heterocycles. The smallest absolute Gasteiger partial charge is 0.343 e. The van der Waals surface area contributed by atoms with Gasteiger partial charge in [-0.15, -0.1) is 0 Å². The van der Waals surface area contributed by atoms with Gasteiger partial charge in [-0.25, -0.2) is 13.8 Å². The minimum absolute atomic E-state index is 0.123. The highest BCUT2D eigenvalue weighted by Gasteiger charge is 2.20. The molecule has 1 rings (SSSR count). The average molecular weight is 259 g/mol. The number of rotatable bonds is 7. The first-order chi connectivity index (χ1) is 8.07. The predicted octanol–water partition coefficient (Wildman–Crippen LogP) is 2.02. The zero-order valence-electron chi connectivity index (χ0n) is 10.1. The number of nitrogens with zero attached hydrogens (tertiary/aromatic N) is 3. The molecule has 0 spiro atoms. The topological polar surface area (TPSA) is 78.0 Å². The van der Waals surface area contributed by atoms with E-state index in [1.165, 1.54) is 11.6 Å². The van der Waals surface area contributed by atoms with E-state index in [0.29, 0.717) is 5.75 Å². The molecule has 0 aliphatic carbocycles. The van der Waals surface area contributed by atoms with Crippen molar-refractivity contribution in [2.75, 3.05) is 5.75 Å². The zero-order chi connectivity index (χ0) is 12.8. The van der Waals surface area contributed by atoms with Gasteiger partial charge in [0, 0.05) is 5.75 Å². The lowest BCUT2D eigenvalue weighted by molar-refractivity contribution is -0.392. The van der Waals surface area contributed by atoms with Crippen molar-refractivity contribution >= 4 is 16.6 Å². The average Bonchev–Trinajstić information content (AvgIpc) is 2.66. The fraction of sp³-hybridized carbons (Fsp3) is 0.700. The number of hydrogen-bond donors (Lipinski definition) is 0. The van der Waals surface area contributed by atoms with Gasteiger partial charge in [-0.3, -0.25) is 0 Å². The van der Waals surface area contributed by atoms with Crippen molar-refractivity contribution in [3.05, 3.63) is 16.3 Å². The maximum atomic E-state index is 11.9. The molecule has 1 aromatic rings. The molecular formula is C10H17N3O3S. The maximum Gasteiger partial charge on any atom is 0.343 e. The van der Waals surface area contributed by atoms with Gasteiger partial charge in [-0.05, 0) is 11.3 Å². The summed E-state index contributed by atoms with van der Waals surface area (Å²) in [7, 11) is 0.272. The second kappa shape index (κ2) is 6.48. The highest BCUT2D eigenvalue weighted by atomic mass is 32.2. The van der Waals surface area contributed by atoms with E-state index in [-0.39, 0.29) is 11.0 Å². The molecular weight excluding hydrogens is 242 g/mol. The van der Waals surface area contributed by atoms with Crippen LogP contribution in [-0.2, 0) is 17.8 Å². The summed E-state index contributed by atoms with van der Waals surface area (Å²) in [6.45, 7) is 2.11. The molecule has 0 amide bonds. The van der Waals surface area contributed by atoms with Crippen LogP contribution in [-0.4, -0.2) is 24.4 Å². The summed E-state index contributed by atoms with van der Waals surface area (Å²) in [4.78, 5) is 13.9. The van der Waals surface area contributed by atoms with E-state index < -0.39 is 15.7 Å². The Balaban J connectivity index is 2.60. The summed E-state index contributed by atoms with van der Waals surface area (Å²) < 4.78 is 13.2. The molecule has 0 fully saturated rings. The Bertz CT molecular complexity index is 417. The van der Waals surface area contributed by atoms with E-state index in [2.05, 4.69) is 11.9 Å². The molecule has 0 aromatic carbocycles. The SMILES string of the molecule is CCCCCCS(=O)c1ncc([N+](=O)[O-])n1C. The monoisotopic (exact) mass is 259 g/mol. The van der Waals surface area contributed by atoms with Crippen molar-refractivity contribution in [3.63, 3.8) is 0 Å². The van der Waals surface area contributed by atoms with E-state index in [1.807, 2.05) is 0 Å². The Morgan fingerprint density at radius 1 is 1.47 bits per heavy atom. The maximum absolute atomic E-state index is 11.9. The van der Waals surface area contributed by atoms with Gasteiger partial charge in [-0.2, -0.15) is 0 Å². The van der Waals surface area contributed by atoms with Crippen LogP contribution in [0.1, 0.15) is 32.6 Å². The van der Waals surface area contributed by atoms with E-state index >= 15 is 0 Å². The van der Waals surface area contributed by atoms with Crippen LogP contribution in [0, 0.1) is 10.1 Å². The molecule has 7 heteroatoms. The number of unbranched alkanes of at least 4 members (excludes halogenated alkanes) is 3. The summed E-state index contributed by atoms with van der Waals surface area (Å²) in [6, 6.07) is 0. The minimum atomic E-state index is -1.25. The van der Waals surface area contributed by atoms with Crippen LogP contribution in [0.5, 0.6) is 0 Å². The molecule has 1 aromatic heterocycles. The number of aromatic nitrogens is 2. The standard InChI is InChI=1S/C10H17N3O3S/c1-3-4-5-6-7-17(16)10-11-8-9(12(10)2)13(14)15/h8H,3-7H2,1-2H3. The number of nitro groups is 1. The lowest BCUT2D eigenvalue weighted by atomic mass is 10.2. The third-order valence-corrected chi connectivity index (χ3v) is 3.94. The fourth-order valence-corrected chi connectivity index (χ4v) is 2.73. The van der Waals surface area contributed by atoms with Crippen molar-refractivity contribution in [2.45, 2.75) is 37.8 Å². The molecule has 0 bridgehead atoms. The Labute approximate surface area is 103 Å². The first-order valence-corrected chi connectivity index (χ1v) is 6.94. The van der Waals surface area contributed by atoms with Crippen molar-refractivity contribution < 1.29 is 9.13 Å². The van der Waals surface area contributed by atoms with Crippen molar-refractivity contribution in [3.8, 4) is 0 Å². The first kappa shape index (κ1) is 13.8. The molecule has 17 heavy (non-hydrogen) atoms. The molecule has 0 N–H and O–H groups in total. The molecule has 0 saturated carbocycles. The van der Waals surface area contributed by atoms with Gasteiger partial charge in [0.1, 0.15) is 17.0 Å². The van der Waals surface area contributed by atoms with Crippen LogP contribution in [0.15, 0.2) is 11.4 Å². The van der Waals surface area contributed by atoms with Gasteiger partial charge < -0.3 is 10.1 Å². The highest BCUT2D eigenvalue weighted by Crippen LogP contribution is 2.15. The van der Waals surface area contributed by atoms with Gasteiger partial charge >= 0.3 is 5.82 Å². The Morgan fingerprint density at radius 2 is 2.18 bits per heavy atom.